The SMILES string of the molecule is O=C(C=Cc1ccccc1)NCC1OCCc2ccccc21. The van der Waals surface area contributed by atoms with Gasteiger partial charge in [-0.05, 0) is 29.2 Å². The van der Waals surface area contributed by atoms with Crippen LogP contribution in [0.3, 0.4) is 0 Å². The summed E-state index contributed by atoms with van der Waals surface area (Å²) in [6, 6.07) is 18.0. The average molecular weight is 293 g/mol. The second-order valence-corrected chi connectivity index (χ2v) is 5.30. The van der Waals surface area contributed by atoms with Gasteiger partial charge in [0, 0.05) is 12.6 Å². The molecule has 0 saturated heterocycles. The summed E-state index contributed by atoms with van der Waals surface area (Å²) in [6.07, 6.45) is 4.25. The van der Waals surface area contributed by atoms with Crippen LogP contribution < -0.4 is 5.32 Å². The predicted octanol–water partition coefficient (Wildman–Crippen LogP) is 3.13. The van der Waals surface area contributed by atoms with Gasteiger partial charge in [0.2, 0.25) is 5.91 Å². The van der Waals surface area contributed by atoms with Gasteiger partial charge in [0.1, 0.15) is 6.10 Å². The van der Waals surface area contributed by atoms with E-state index in [-0.39, 0.29) is 12.0 Å². The highest BCUT2D eigenvalue weighted by molar-refractivity contribution is 5.91. The van der Waals surface area contributed by atoms with Crippen LogP contribution in [0.2, 0.25) is 0 Å². The van der Waals surface area contributed by atoms with Crippen LogP contribution in [0.15, 0.2) is 60.7 Å². The Morgan fingerprint density at radius 2 is 1.91 bits per heavy atom. The van der Waals surface area contributed by atoms with Crippen LogP contribution >= 0.6 is 0 Å². The quantitative estimate of drug-likeness (QED) is 0.880. The van der Waals surface area contributed by atoms with E-state index in [0.29, 0.717) is 13.2 Å². The molecule has 0 radical (unpaired) electrons. The highest BCUT2D eigenvalue weighted by atomic mass is 16.5. The fraction of sp³-hybridized carbons (Fsp3) is 0.211. The maximum atomic E-state index is 11.9. The van der Waals surface area contributed by atoms with Crippen molar-refractivity contribution in [3.63, 3.8) is 0 Å². The summed E-state index contributed by atoms with van der Waals surface area (Å²) in [5.74, 6) is -0.101. The van der Waals surface area contributed by atoms with E-state index < -0.39 is 0 Å². The number of carbonyl (C=O) groups excluding carboxylic acids is 1. The van der Waals surface area contributed by atoms with Crippen LogP contribution in [0, 0.1) is 0 Å². The zero-order valence-electron chi connectivity index (χ0n) is 12.4. The minimum atomic E-state index is -0.101. The Morgan fingerprint density at radius 1 is 1.14 bits per heavy atom. The first-order chi connectivity index (χ1) is 10.8. The smallest absolute Gasteiger partial charge is 0.244 e. The van der Waals surface area contributed by atoms with Crippen molar-refractivity contribution < 1.29 is 9.53 Å². The first-order valence-corrected chi connectivity index (χ1v) is 7.53. The van der Waals surface area contributed by atoms with Crippen LogP contribution in [0.4, 0.5) is 0 Å². The molecule has 0 aliphatic carbocycles. The van der Waals surface area contributed by atoms with Crippen molar-refractivity contribution in [2.75, 3.05) is 13.2 Å². The van der Waals surface area contributed by atoms with Crippen molar-refractivity contribution >= 4 is 12.0 Å². The fourth-order valence-electron chi connectivity index (χ4n) is 2.63. The summed E-state index contributed by atoms with van der Waals surface area (Å²) in [7, 11) is 0. The third kappa shape index (κ3) is 3.62. The Balaban J connectivity index is 1.57. The second kappa shape index (κ2) is 7.05. The van der Waals surface area contributed by atoms with Gasteiger partial charge in [-0.15, -0.1) is 0 Å². The number of benzene rings is 2. The number of nitrogens with one attached hydrogen (secondary N) is 1. The van der Waals surface area contributed by atoms with E-state index in [1.54, 1.807) is 6.08 Å². The molecule has 22 heavy (non-hydrogen) atoms. The highest BCUT2D eigenvalue weighted by Gasteiger charge is 2.20. The minimum absolute atomic E-state index is 0.0565. The molecule has 112 valence electrons. The summed E-state index contributed by atoms with van der Waals surface area (Å²) in [5, 5.41) is 2.91. The van der Waals surface area contributed by atoms with Gasteiger partial charge in [-0.25, -0.2) is 0 Å². The Morgan fingerprint density at radius 3 is 2.77 bits per heavy atom. The average Bonchev–Trinajstić information content (AvgIpc) is 2.59. The molecule has 1 unspecified atom stereocenters. The topological polar surface area (TPSA) is 38.3 Å². The van der Waals surface area contributed by atoms with Gasteiger partial charge in [-0.3, -0.25) is 4.79 Å². The monoisotopic (exact) mass is 293 g/mol. The number of ether oxygens (including phenoxy) is 1. The van der Waals surface area contributed by atoms with Gasteiger partial charge in [-0.2, -0.15) is 0 Å². The number of fused-ring (bicyclic) bond motifs is 1. The molecule has 1 atom stereocenters. The Labute approximate surface area is 130 Å². The van der Waals surface area contributed by atoms with Crippen LogP contribution in [-0.4, -0.2) is 19.1 Å². The fourth-order valence-corrected chi connectivity index (χ4v) is 2.63. The third-order valence-corrected chi connectivity index (χ3v) is 3.78. The van der Waals surface area contributed by atoms with Gasteiger partial charge >= 0.3 is 0 Å². The van der Waals surface area contributed by atoms with Crippen molar-refractivity contribution in [3.05, 3.63) is 77.4 Å². The molecule has 0 fully saturated rings. The predicted molar refractivity (Wildman–Crippen MR) is 87.3 cm³/mol. The van der Waals surface area contributed by atoms with E-state index in [2.05, 4.69) is 17.4 Å². The highest BCUT2D eigenvalue weighted by Crippen LogP contribution is 2.26. The largest absolute Gasteiger partial charge is 0.371 e. The maximum absolute atomic E-state index is 11.9. The van der Waals surface area contributed by atoms with Crippen LogP contribution in [0.25, 0.3) is 6.08 Å². The molecule has 0 aromatic heterocycles. The van der Waals surface area contributed by atoms with Gasteiger partial charge in [0.25, 0.3) is 0 Å². The molecule has 1 amide bonds. The van der Waals surface area contributed by atoms with E-state index in [9.17, 15) is 4.79 Å². The normalized spacial score (nSPS) is 17.2. The molecule has 0 saturated carbocycles. The summed E-state index contributed by atoms with van der Waals surface area (Å²) in [5.41, 5.74) is 3.51. The number of hydrogen-bond donors (Lipinski definition) is 1. The lowest BCUT2D eigenvalue weighted by molar-refractivity contribution is -0.117. The second-order valence-electron chi connectivity index (χ2n) is 5.30. The van der Waals surface area contributed by atoms with Gasteiger partial charge in [0.15, 0.2) is 0 Å². The molecule has 2 aromatic carbocycles. The number of amides is 1. The van der Waals surface area contributed by atoms with E-state index in [0.717, 1.165) is 12.0 Å². The Kier molecular flexibility index (Phi) is 4.66. The molecule has 0 spiro atoms. The van der Waals surface area contributed by atoms with Gasteiger partial charge in [0.05, 0.1) is 6.61 Å². The lowest BCUT2D eigenvalue weighted by atomic mass is 9.97. The zero-order valence-corrected chi connectivity index (χ0v) is 12.4. The molecule has 3 nitrogen and oxygen atoms in total. The van der Waals surface area contributed by atoms with E-state index in [1.165, 1.54) is 11.1 Å². The van der Waals surface area contributed by atoms with Gasteiger partial charge in [-0.1, -0.05) is 54.6 Å². The van der Waals surface area contributed by atoms with Crippen molar-refractivity contribution in [2.45, 2.75) is 12.5 Å². The molecule has 1 N–H and O–H groups in total. The standard InChI is InChI=1S/C19H19NO2/c21-19(11-10-15-6-2-1-3-7-15)20-14-18-17-9-5-4-8-16(17)12-13-22-18/h1-11,18H,12-14H2,(H,20,21). The Bertz CT molecular complexity index is 664. The van der Waals surface area contributed by atoms with E-state index >= 15 is 0 Å². The molecule has 1 aliphatic rings. The summed E-state index contributed by atoms with van der Waals surface area (Å²) in [4.78, 5) is 11.9. The first kappa shape index (κ1) is 14.5. The molecule has 0 bridgehead atoms. The molecular weight excluding hydrogens is 274 g/mol. The van der Waals surface area contributed by atoms with E-state index in [1.807, 2.05) is 48.5 Å². The Hall–Kier alpha value is -2.39. The molecule has 3 heteroatoms. The van der Waals surface area contributed by atoms with Gasteiger partial charge < -0.3 is 10.1 Å². The van der Waals surface area contributed by atoms with Crippen molar-refractivity contribution in [1.82, 2.24) is 5.32 Å². The van der Waals surface area contributed by atoms with Crippen LogP contribution in [-0.2, 0) is 16.0 Å². The summed E-state index contributed by atoms with van der Waals surface area (Å²) < 4.78 is 5.78. The minimum Gasteiger partial charge on any atom is -0.371 e. The zero-order chi connectivity index (χ0) is 15.2. The molecule has 1 aliphatic heterocycles. The summed E-state index contributed by atoms with van der Waals surface area (Å²) >= 11 is 0. The van der Waals surface area contributed by atoms with Crippen LogP contribution in [0.1, 0.15) is 22.8 Å². The van der Waals surface area contributed by atoms with Crippen molar-refractivity contribution in [3.8, 4) is 0 Å². The van der Waals surface area contributed by atoms with Crippen molar-refractivity contribution in [1.29, 1.82) is 0 Å². The summed E-state index contributed by atoms with van der Waals surface area (Å²) in [6.45, 7) is 1.20. The molecule has 3 rings (SSSR count). The first-order valence-electron chi connectivity index (χ1n) is 7.53. The van der Waals surface area contributed by atoms with E-state index in [4.69, 9.17) is 4.74 Å². The third-order valence-electron chi connectivity index (χ3n) is 3.78. The number of hydrogen-bond acceptors (Lipinski definition) is 2. The lowest BCUT2D eigenvalue weighted by Gasteiger charge is -2.26. The van der Waals surface area contributed by atoms with Crippen LogP contribution in [0.5, 0.6) is 0 Å². The molecule has 1 heterocycles. The number of carbonyl (C=O) groups is 1. The molecular formula is C19H19NO2. The number of rotatable bonds is 4. The lowest BCUT2D eigenvalue weighted by Crippen LogP contribution is -2.30. The van der Waals surface area contributed by atoms with Crippen molar-refractivity contribution in [2.24, 2.45) is 0 Å². The molecule has 2 aromatic rings. The maximum Gasteiger partial charge on any atom is 0.244 e.